The second kappa shape index (κ2) is 9.34. The summed E-state index contributed by atoms with van der Waals surface area (Å²) in [5.41, 5.74) is 5.36. The number of hydrogen-bond acceptors (Lipinski definition) is 6. The van der Waals surface area contributed by atoms with Gasteiger partial charge in [-0.1, -0.05) is 36.4 Å². The van der Waals surface area contributed by atoms with Gasteiger partial charge in [-0.3, -0.25) is 24.6 Å². The van der Waals surface area contributed by atoms with Crippen LogP contribution in [0.4, 0.5) is 5.69 Å². The summed E-state index contributed by atoms with van der Waals surface area (Å²) in [6, 6.07) is 15.5. The largest absolute Gasteiger partial charge is 0.370 e. The Kier molecular flexibility index (Phi) is 5.77. The number of carbonyl (C=O) groups is 3. The number of nitrogens with zero attached hydrogens (tertiary/aromatic N) is 4. The normalized spacial score (nSPS) is 22.7. The number of aromatic amines is 1. The molecule has 1 atom stereocenters. The van der Waals surface area contributed by atoms with E-state index in [0.717, 1.165) is 73.9 Å². The zero-order chi connectivity index (χ0) is 26.6. The first-order valence-corrected chi connectivity index (χ1v) is 13.8. The SMILES string of the molecule is O=C1CCC(N2Cc3c(cccc3N3CC4(CCN(Cc5cnc(-c6ccccc6)[nH]5)CC4)C3)C2=O)C(=O)N1. The molecule has 1 spiro atoms. The van der Waals surface area contributed by atoms with E-state index in [1.165, 1.54) is 0 Å². The number of carbonyl (C=O) groups excluding carboxylic acids is 3. The molecule has 3 fully saturated rings. The third-order valence-electron chi connectivity index (χ3n) is 8.94. The molecule has 39 heavy (non-hydrogen) atoms. The molecule has 0 saturated carbocycles. The van der Waals surface area contributed by atoms with Gasteiger partial charge in [0.25, 0.3) is 5.91 Å². The molecule has 0 radical (unpaired) electrons. The highest BCUT2D eigenvalue weighted by Gasteiger charge is 2.47. The van der Waals surface area contributed by atoms with Crippen LogP contribution in [0.3, 0.4) is 0 Å². The molecule has 2 N–H and O–H groups in total. The van der Waals surface area contributed by atoms with Crippen molar-refractivity contribution in [2.24, 2.45) is 5.41 Å². The van der Waals surface area contributed by atoms with Gasteiger partial charge in [-0.15, -0.1) is 0 Å². The molecule has 4 aliphatic rings. The van der Waals surface area contributed by atoms with E-state index in [9.17, 15) is 14.4 Å². The van der Waals surface area contributed by atoms with E-state index in [2.05, 4.69) is 43.3 Å². The minimum absolute atomic E-state index is 0.112. The second-order valence-corrected chi connectivity index (χ2v) is 11.5. The van der Waals surface area contributed by atoms with Crippen LogP contribution in [0.5, 0.6) is 0 Å². The number of benzene rings is 2. The number of rotatable bonds is 5. The number of aromatic nitrogens is 2. The van der Waals surface area contributed by atoms with Crippen LogP contribution >= 0.6 is 0 Å². The van der Waals surface area contributed by atoms with Crippen molar-refractivity contribution in [2.45, 2.75) is 44.8 Å². The van der Waals surface area contributed by atoms with Crippen LogP contribution in [-0.4, -0.2) is 69.7 Å². The van der Waals surface area contributed by atoms with Gasteiger partial charge in [-0.25, -0.2) is 4.98 Å². The molecule has 2 aromatic carbocycles. The summed E-state index contributed by atoms with van der Waals surface area (Å²) in [6.45, 7) is 5.40. The Labute approximate surface area is 227 Å². The number of H-pyrrole nitrogens is 1. The summed E-state index contributed by atoms with van der Waals surface area (Å²) in [6.07, 6.45) is 4.91. The molecule has 7 rings (SSSR count). The zero-order valence-electron chi connectivity index (χ0n) is 21.9. The Hall–Kier alpha value is -3.98. The number of imidazole rings is 1. The first-order valence-electron chi connectivity index (χ1n) is 13.8. The van der Waals surface area contributed by atoms with Crippen LogP contribution in [0.2, 0.25) is 0 Å². The van der Waals surface area contributed by atoms with Gasteiger partial charge in [0.1, 0.15) is 11.9 Å². The van der Waals surface area contributed by atoms with E-state index in [4.69, 9.17) is 0 Å². The molecule has 9 heteroatoms. The third-order valence-corrected chi connectivity index (χ3v) is 8.94. The van der Waals surface area contributed by atoms with Crippen molar-refractivity contribution in [1.29, 1.82) is 0 Å². The van der Waals surface area contributed by atoms with Gasteiger partial charge < -0.3 is 14.8 Å². The van der Waals surface area contributed by atoms with Crippen molar-refractivity contribution in [3.05, 3.63) is 71.5 Å². The molecular weight excluding hydrogens is 492 g/mol. The molecule has 0 aliphatic carbocycles. The molecule has 1 aromatic heterocycles. The molecule has 1 unspecified atom stereocenters. The maximum atomic E-state index is 13.2. The van der Waals surface area contributed by atoms with Gasteiger partial charge in [0.15, 0.2) is 0 Å². The summed E-state index contributed by atoms with van der Waals surface area (Å²) >= 11 is 0. The topological polar surface area (TPSA) is 102 Å². The monoisotopic (exact) mass is 524 g/mol. The number of amides is 3. The van der Waals surface area contributed by atoms with Crippen molar-refractivity contribution < 1.29 is 14.4 Å². The number of hydrogen-bond donors (Lipinski definition) is 2. The number of anilines is 1. The van der Waals surface area contributed by atoms with E-state index in [-0.39, 0.29) is 24.1 Å². The van der Waals surface area contributed by atoms with Crippen LogP contribution in [-0.2, 0) is 22.7 Å². The highest BCUT2D eigenvalue weighted by molar-refractivity contribution is 6.06. The lowest BCUT2D eigenvalue weighted by Gasteiger charge is -2.55. The lowest BCUT2D eigenvalue weighted by Crippen LogP contribution is -2.60. The third kappa shape index (κ3) is 4.30. The fraction of sp³-hybridized carbons (Fsp3) is 0.400. The van der Waals surface area contributed by atoms with Crippen LogP contribution in [0.1, 0.15) is 47.3 Å². The van der Waals surface area contributed by atoms with Crippen molar-refractivity contribution in [2.75, 3.05) is 31.1 Å². The number of nitrogens with one attached hydrogen (secondary N) is 2. The van der Waals surface area contributed by atoms with Gasteiger partial charge in [0, 0.05) is 72.3 Å². The van der Waals surface area contributed by atoms with E-state index < -0.39 is 6.04 Å². The standard InChI is InChI=1S/C30H32N6O3/c37-26-10-9-25(28(38)33-26)36-17-23-22(29(36)39)7-4-8-24(23)35-18-30(19-35)11-13-34(14-12-30)16-21-15-31-27(32-21)20-5-2-1-3-6-20/h1-8,15,25H,9-14,16-19H2,(H,31,32)(H,33,37,38). The minimum Gasteiger partial charge on any atom is -0.370 e. The first-order chi connectivity index (χ1) is 19.0. The molecular formula is C30H32N6O3. The molecule has 4 aliphatic heterocycles. The lowest BCUT2D eigenvalue weighted by atomic mass is 9.71. The second-order valence-electron chi connectivity index (χ2n) is 11.5. The Bertz CT molecular complexity index is 1430. The number of imide groups is 1. The molecule has 3 saturated heterocycles. The van der Waals surface area contributed by atoms with Crippen LogP contribution in [0.15, 0.2) is 54.7 Å². The summed E-state index contributed by atoms with van der Waals surface area (Å²) in [5.74, 6) is 0.174. The maximum absolute atomic E-state index is 13.2. The minimum atomic E-state index is -0.582. The average molecular weight is 525 g/mol. The number of piperidine rings is 2. The fourth-order valence-corrected chi connectivity index (χ4v) is 6.72. The Morgan fingerprint density at radius 1 is 0.974 bits per heavy atom. The quantitative estimate of drug-likeness (QED) is 0.498. The number of fused-ring (bicyclic) bond motifs is 1. The highest BCUT2D eigenvalue weighted by Crippen LogP contribution is 2.45. The smallest absolute Gasteiger partial charge is 0.255 e. The highest BCUT2D eigenvalue weighted by atomic mass is 16.2. The number of likely N-dealkylation sites (tertiary alicyclic amines) is 1. The predicted octanol–water partition coefficient (Wildman–Crippen LogP) is 2.94. The predicted molar refractivity (Wildman–Crippen MR) is 146 cm³/mol. The Balaban J connectivity index is 0.969. The summed E-state index contributed by atoms with van der Waals surface area (Å²) in [7, 11) is 0. The Morgan fingerprint density at radius 2 is 1.77 bits per heavy atom. The van der Waals surface area contributed by atoms with E-state index in [1.54, 1.807) is 4.90 Å². The summed E-state index contributed by atoms with van der Waals surface area (Å²) < 4.78 is 0. The van der Waals surface area contributed by atoms with Crippen LogP contribution < -0.4 is 10.2 Å². The van der Waals surface area contributed by atoms with Crippen molar-refractivity contribution in [3.8, 4) is 11.4 Å². The van der Waals surface area contributed by atoms with Gasteiger partial charge in [-0.2, -0.15) is 0 Å². The molecule has 5 heterocycles. The van der Waals surface area contributed by atoms with E-state index in [0.29, 0.717) is 23.9 Å². The molecule has 3 amide bonds. The summed E-state index contributed by atoms with van der Waals surface area (Å²) in [5, 5.41) is 2.39. The fourth-order valence-electron chi connectivity index (χ4n) is 6.72. The first kappa shape index (κ1) is 24.1. The molecule has 200 valence electrons. The average Bonchev–Trinajstić information content (AvgIpc) is 3.53. The van der Waals surface area contributed by atoms with Gasteiger partial charge >= 0.3 is 0 Å². The lowest BCUT2D eigenvalue weighted by molar-refractivity contribution is -0.136. The van der Waals surface area contributed by atoms with Crippen molar-refractivity contribution >= 4 is 23.4 Å². The molecule has 3 aromatic rings. The molecule has 0 bridgehead atoms. The van der Waals surface area contributed by atoms with Crippen molar-refractivity contribution in [1.82, 2.24) is 25.1 Å². The van der Waals surface area contributed by atoms with Crippen molar-refractivity contribution in [3.63, 3.8) is 0 Å². The van der Waals surface area contributed by atoms with Crippen LogP contribution in [0.25, 0.3) is 11.4 Å². The Morgan fingerprint density at radius 3 is 2.54 bits per heavy atom. The van der Waals surface area contributed by atoms with Gasteiger partial charge in [0.05, 0.1) is 0 Å². The van der Waals surface area contributed by atoms with Gasteiger partial charge in [-0.05, 0) is 44.5 Å². The summed E-state index contributed by atoms with van der Waals surface area (Å²) in [4.78, 5) is 51.8. The molecule has 9 nitrogen and oxygen atoms in total. The van der Waals surface area contributed by atoms with E-state index in [1.807, 2.05) is 36.5 Å². The van der Waals surface area contributed by atoms with Crippen LogP contribution in [0, 0.1) is 5.41 Å². The maximum Gasteiger partial charge on any atom is 0.255 e. The van der Waals surface area contributed by atoms with E-state index >= 15 is 0 Å². The van der Waals surface area contributed by atoms with Gasteiger partial charge in [0.2, 0.25) is 11.8 Å². The zero-order valence-corrected chi connectivity index (χ0v) is 21.9.